The van der Waals surface area contributed by atoms with E-state index in [1.54, 1.807) is 0 Å². The third kappa shape index (κ3) is 3.04. The summed E-state index contributed by atoms with van der Waals surface area (Å²) in [7, 11) is 0. The lowest BCUT2D eigenvalue weighted by Gasteiger charge is -2.36. The number of unbranched alkanes of at least 4 members (excludes halogenated alkanes) is 3. The number of nitrogens with zero attached hydrogens (tertiary/aromatic N) is 1. The lowest BCUT2D eigenvalue weighted by molar-refractivity contribution is -0.152. The second-order valence-electron chi connectivity index (χ2n) is 4.89. The highest BCUT2D eigenvalue weighted by atomic mass is 16.2. The monoisotopic (exact) mass is 226 g/mol. The van der Waals surface area contributed by atoms with Crippen molar-refractivity contribution in [1.82, 2.24) is 10.2 Å². The highest BCUT2D eigenvalue weighted by Gasteiger charge is 2.39. The van der Waals surface area contributed by atoms with E-state index in [4.69, 9.17) is 0 Å². The van der Waals surface area contributed by atoms with E-state index in [1.165, 1.54) is 4.90 Å². The second-order valence-corrected chi connectivity index (χ2v) is 4.89. The van der Waals surface area contributed by atoms with E-state index in [2.05, 4.69) is 12.2 Å². The molecule has 2 amide bonds. The van der Waals surface area contributed by atoms with Crippen LogP contribution in [-0.4, -0.2) is 35.3 Å². The Morgan fingerprint density at radius 1 is 1.25 bits per heavy atom. The minimum Gasteiger partial charge on any atom is -0.295 e. The largest absolute Gasteiger partial charge is 0.295 e. The maximum Gasteiger partial charge on any atom is 0.248 e. The molecular formula is C12H22N2O2. The Labute approximate surface area is 97.4 Å². The molecular weight excluding hydrogens is 204 g/mol. The maximum absolute atomic E-state index is 12.0. The van der Waals surface area contributed by atoms with Crippen molar-refractivity contribution < 1.29 is 9.59 Å². The third-order valence-electron chi connectivity index (χ3n) is 3.00. The molecule has 1 N–H and O–H groups in total. The van der Waals surface area contributed by atoms with Crippen molar-refractivity contribution in [3.05, 3.63) is 0 Å². The normalized spacial score (nSPS) is 20.3. The highest BCUT2D eigenvalue weighted by Crippen LogP contribution is 2.14. The lowest BCUT2D eigenvalue weighted by atomic mass is 10.00. The summed E-state index contributed by atoms with van der Waals surface area (Å²) in [4.78, 5) is 25.0. The summed E-state index contributed by atoms with van der Waals surface area (Å²) in [5.74, 6) is -0.193. The van der Waals surface area contributed by atoms with Crippen molar-refractivity contribution in [2.75, 3.05) is 13.1 Å². The van der Waals surface area contributed by atoms with Crippen LogP contribution in [0.1, 0.15) is 46.5 Å². The number of piperazine rings is 1. The quantitative estimate of drug-likeness (QED) is 0.568. The molecule has 0 aliphatic carbocycles. The molecule has 4 heteroatoms. The average Bonchev–Trinajstić information content (AvgIpc) is 2.24. The van der Waals surface area contributed by atoms with Gasteiger partial charge in [-0.1, -0.05) is 26.2 Å². The molecule has 0 saturated carbocycles. The van der Waals surface area contributed by atoms with Gasteiger partial charge in [-0.3, -0.25) is 19.8 Å². The van der Waals surface area contributed by atoms with Crippen LogP contribution in [0.25, 0.3) is 0 Å². The number of hydrogen-bond donors (Lipinski definition) is 1. The van der Waals surface area contributed by atoms with Gasteiger partial charge in [-0.15, -0.1) is 0 Å². The smallest absolute Gasteiger partial charge is 0.248 e. The minimum atomic E-state index is -0.599. The first-order chi connectivity index (χ1) is 7.49. The molecule has 4 nitrogen and oxygen atoms in total. The SMILES string of the molecule is CCCCCCN1C(=O)CNC(C)(C)C1=O. The van der Waals surface area contributed by atoms with E-state index < -0.39 is 5.54 Å². The summed E-state index contributed by atoms with van der Waals surface area (Å²) in [6.45, 7) is 6.63. The molecule has 0 aromatic rings. The topological polar surface area (TPSA) is 49.4 Å². The predicted octanol–water partition coefficient (Wildman–Crippen LogP) is 1.30. The summed E-state index contributed by atoms with van der Waals surface area (Å²) < 4.78 is 0. The summed E-state index contributed by atoms with van der Waals surface area (Å²) in [5, 5.41) is 2.95. The zero-order valence-electron chi connectivity index (χ0n) is 10.5. The second kappa shape index (κ2) is 5.43. The molecule has 16 heavy (non-hydrogen) atoms. The zero-order valence-corrected chi connectivity index (χ0v) is 10.5. The number of hydrogen-bond acceptors (Lipinski definition) is 3. The van der Waals surface area contributed by atoms with Crippen molar-refractivity contribution in [3.8, 4) is 0 Å². The fourth-order valence-corrected chi connectivity index (χ4v) is 1.84. The summed E-state index contributed by atoms with van der Waals surface area (Å²) in [6, 6.07) is 0. The summed E-state index contributed by atoms with van der Waals surface area (Å²) in [5.41, 5.74) is -0.599. The standard InChI is InChI=1S/C12H22N2O2/c1-4-5-6-7-8-14-10(15)9-13-12(2,3)11(14)16/h13H,4-9H2,1-3H3. The molecule has 0 radical (unpaired) electrons. The molecule has 0 bridgehead atoms. The zero-order chi connectivity index (χ0) is 12.2. The Kier molecular flexibility index (Phi) is 4.47. The number of nitrogens with one attached hydrogen (secondary N) is 1. The van der Waals surface area contributed by atoms with Crippen LogP contribution in [0.15, 0.2) is 0 Å². The van der Waals surface area contributed by atoms with Crippen LogP contribution >= 0.6 is 0 Å². The van der Waals surface area contributed by atoms with E-state index in [9.17, 15) is 9.59 Å². The van der Waals surface area contributed by atoms with Crippen molar-refractivity contribution >= 4 is 11.8 Å². The van der Waals surface area contributed by atoms with Gasteiger partial charge in [-0.05, 0) is 20.3 Å². The van der Waals surface area contributed by atoms with Gasteiger partial charge in [-0.25, -0.2) is 0 Å². The van der Waals surface area contributed by atoms with Gasteiger partial charge in [0, 0.05) is 6.54 Å². The molecule has 1 aliphatic rings. The van der Waals surface area contributed by atoms with E-state index in [1.807, 2.05) is 13.8 Å². The number of rotatable bonds is 5. The molecule has 92 valence electrons. The Bertz CT molecular complexity index is 274. The van der Waals surface area contributed by atoms with Crippen LogP contribution < -0.4 is 5.32 Å². The number of imide groups is 1. The Balaban J connectivity index is 2.49. The fourth-order valence-electron chi connectivity index (χ4n) is 1.84. The van der Waals surface area contributed by atoms with Gasteiger partial charge < -0.3 is 0 Å². The third-order valence-corrected chi connectivity index (χ3v) is 3.00. The number of carbonyl (C=O) groups is 2. The Morgan fingerprint density at radius 2 is 1.94 bits per heavy atom. The average molecular weight is 226 g/mol. The van der Waals surface area contributed by atoms with Gasteiger partial charge in [0.05, 0.1) is 12.1 Å². The van der Waals surface area contributed by atoms with Crippen molar-refractivity contribution in [2.45, 2.75) is 52.0 Å². The van der Waals surface area contributed by atoms with Crippen molar-refractivity contribution in [3.63, 3.8) is 0 Å². The lowest BCUT2D eigenvalue weighted by Crippen LogP contribution is -2.63. The Morgan fingerprint density at radius 3 is 2.56 bits per heavy atom. The summed E-state index contributed by atoms with van der Waals surface area (Å²) in [6.07, 6.45) is 4.33. The van der Waals surface area contributed by atoms with Gasteiger partial charge in [-0.2, -0.15) is 0 Å². The minimum absolute atomic E-state index is 0.0965. The fraction of sp³-hybridized carbons (Fsp3) is 0.833. The first-order valence-corrected chi connectivity index (χ1v) is 6.09. The van der Waals surface area contributed by atoms with Crippen LogP contribution in [0, 0.1) is 0 Å². The van der Waals surface area contributed by atoms with Crippen LogP contribution in [0.3, 0.4) is 0 Å². The molecule has 1 fully saturated rings. The van der Waals surface area contributed by atoms with Gasteiger partial charge in [0.15, 0.2) is 0 Å². The van der Waals surface area contributed by atoms with Gasteiger partial charge in [0.2, 0.25) is 11.8 Å². The molecule has 0 unspecified atom stereocenters. The predicted molar refractivity (Wildman–Crippen MR) is 62.9 cm³/mol. The molecule has 0 aromatic carbocycles. The first-order valence-electron chi connectivity index (χ1n) is 6.09. The summed E-state index contributed by atoms with van der Waals surface area (Å²) >= 11 is 0. The van der Waals surface area contributed by atoms with E-state index >= 15 is 0 Å². The number of amides is 2. The molecule has 1 rings (SSSR count). The molecule has 1 heterocycles. The maximum atomic E-state index is 12.0. The molecule has 1 aliphatic heterocycles. The molecule has 0 aromatic heterocycles. The van der Waals surface area contributed by atoms with Crippen LogP contribution in [0.2, 0.25) is 0 Å². The van der Waals surface area contributed by atoms with Gasteiger partial charge in [0.1, 0.15) is 0 Å². The highest BCUT2D eigenvalue weighted by molar-refractivity contribution is 6.02. The van der Waals surface area contributed by atoms with Gasteiger partial charge >= 0.3 is 0 Å². The van der Waals surface area contributed by atoms with Crippen LogP contribution in [-0.2, 0) is 9.59 Å². The van der Waals surface area contributed by atoms with Gasteiger partial charge in [0.25, 0.3) is 0 Å². The van der Waals surface area contributed by atoms with E-state index in [0.29, 0.717) is 6.54 Å². The van der Waals surface area contributed by atoms with Crippen LogP contribution in [0.5, 0.6) is 0 Å². The van der Waals surface area contributed by atoms with Crippen LogP contribution in [0.4, 0.5) is 0 Å². The Hall–Kier alpha value is -0.900. The number of carbonyl (C=O) groups excluding carboxylic acids is 2. The van der Waals surface area contributed by atoms with Crippen molar-refractivity contribution in [1.29, 1.82) is 0 Å². The molecule has 0 spiro atoms. The molecule has 0 atom stereocenters. The first kappa shape index (κ1) is 13.2. The molecule has 1 saturated heterocycles. The van der Waals surface area contributed by atoms with Crippen molar-refractivity contribution in [2.24, 2.45) is 0 Å². The van der Waals surface area contributed by atoms with E-state index in [0.717, 1.165) is 25.7 Å². The van der Waals surface area contributed by atoms with E-state index in [-0.39, 0.29) is 18.4 Å².